The average molecular weight is 266 g/mol. The van der Waals surface area contributed by atoms with Gasteiger partial charge in [-0.2, -0.15) is 0 Å². The van der Waals surface area contributed by atoms with Crippen LogP contribution in [-0.4, -0.2) is 28.9 Å². The molecule has 0 unspecified atom stereocenters. The fourth-order valence-electron chi connectivity index (χ4n) is 1.91. The molecule has 0 aliphatic carbocycles. The number of carbonyl (C=O) groups excluding carboxylic acids is 1. The van der Waals surface area contributed by atoms with Crippen LogP contribution < -0.4 is 0 Å². The van der Waals surface area contributed by atoms with Crippen molar-refractivity contribution in [2.45, 2.75) is 6.92 Å². The lowest BCUT2D eigenvalue weighted by Crippen LogP contribution is -2.30. The summed E-state index contributed by atoms with van der Waals surface area (Å²) < 4.78 is 0. The second-order valence-electron chi connectivity index (χ2n) is 4.39. The van der Waals surface area contributed by atoms with Crippen LogP contribution in [0.4, 0.5) is 0 Å². The molecule has 0 fully saturated rings. The predicted octanol–water partition coefficient (Wildman–Crippen LogP) is 3.26. The highest BCUT2D eigenvalue weighted by molar-refractivity contribution is 5.94. The van der Waals surface area contributed by atoms with Crippen LogP contribution in [0.1, 0.15) is 22.8 Å². The normalized spacial score (nSPS) is 10.7. The highest BCUT2D eigenvalue weighted by Crippen LogP contribution is 2.05. The molecular weight excluding hydrogens is 248 g/mol. The van der Waals surface area contributed by atoms with Gasteiger partial charge in [-0.1, -0.05) is 42.5 Å². The Bertz CT molecular complexity index is 564. The molecule has 0 spiro atoms. The molecule has 0 saturated heterocycles. The highest BCUT2D eigenvalue weighted by Gasteiger charge is 2.11. The van der Waals surface area contributed by atoms with Gasteiger partial charge >= 0.3 is 0 Å². The summed E-state index contributed by atoms with van der Waals surface area (Å²) in [7, 11) is 0. The Balaban J connectivity index is 1.99. The zero-order valence-corrected chi connectivity index (χ0v) is 11.6. The molecule has 3 heteroatoms. The third-order valence-corrected chi connectivity index (χ3v) is 3.03. The van der Waals surface area contributed by atoms with Crippen LogP contribution in [0, 0.1) is 0 Å². The highest BCUT2D eigenvalue weighted by atomic mass is 16.2. The van der Waals surface area contributed by atoms with Crippen LogP contribution in [0.5, 0.6) is 0 Å². The number of hydrogen-bond donors (Lipinski definition) is 0. The topological polar surface area (TPSA) is 33.2 Å². The van der Waals surface area contributed by atoms with E-state index in [-0.39, 0.29) is 5.91 Å². The summed E-state index contributed by atoms with van der Waals surface area (Å²) in [6.07, 6.45) is 7.32. The third-order valence-electron chi connectivity index (χ3n) is 3.03. The van der Waals surface area contributed by atoms with E-state index in [9.17, 15) is 4.79 Å². The minimum absolute atomic E-state index is 0.0348. The van der Waals surface area contributed by atoms with E-state index in [0.29, 0.717) is 18.7 Å². The Morgan fingerprint density at radius 3 is 2.50 bits per heavy atom. The van der Waals surface area contributed by atoms with Crippen LogP contribution in [0.2, 0.25) is 0 Å². The molecule has 1 aromatic heterocycles. The number of nitrogens with zero attached hydrogens (tertiary/aromatic N) is 2. The first kappa shape index (κ1) is 14.0. The lowest BCUT2D eigenvalue weighted by atomic mass is 10.2. The van der Waals surface area contributed by atoms with Crippen LogP contribution in [-0.2, 0) is 0 Å². The Morgan fingerprint density at radius 1 is 1.15 bits per heavy atom. The predicted molar refractivity (Wildman–Crippen MR) is 81.3 cm³/mol. The zero-order valence-electron chi connectivity index (χ0n) is 11.6. The largest absolute Gasteiger partial charge is 0.335 e. The van der Waals surface area contributed by atoms with Crippen LogP contribution in [0.15, 0.2) is 60.9 Å². The summed E-state index contributed by atoms with van der Waals surface area (Å²) in [6, 6.07) is 13.5. The maximum Gasteiger partial charge on any atom is 0.254 e. The van der Waals surface area contributed by atoms with Gasteiger partial charge in [0.15, 0.2) is 0 Å². The number of rotatable bonds is 5. The van der Waals surface area contributed by atoms with Gasteiger partial charge in [-0.15, -0.1) is 0 Å². The molecule has 0 atom stereocenters. The smallest absolute Gasteiger partial charge is 0.254 e. The van der Waals surface area contributed by atoms with Gasteiger partial charge in [0.2, 0.25) is 0 Å². The van der Waals surface area contributed by atoms with Crippen molar-refractivity contribution < 1.29 is 4.79 Å². The van der Waals surface area contributed by atoms with Crippen LogP contribution in [0.25, 0.3) is 6.08 Å². The van der Waals surface area contributed by atoms with Gasteiger partial charge in [0.25, 0.3) is 5.91 Å². The maximum atomic E-state index is 12.3. The molecule has 0 saturated carbocycles. The van der Waals surface area contributed by atoms with Gasteiger partial charge in [0.1, 0.15) is 0 Å². The van der Waals surface area contributed by atoms with Crippen molar-refractivity contribution in [3.8, 4) is 0 Å². The van der Waals surface area contributed by atoms with E-state index in [4.69, 9.17) is 0 Å². The monoisotopic (exact) mass is 266 g/mol. The van der Waals surface area contributed by atoms with Crippen LogP contribution >= 0.6 is 0 Å². The molecule has 102 valence electrons. The fraction of sp³-hybridized carbons (Fsp3) is 0.176. The van der Waals surface area contributed by atoms with Gasteiger partial charge in [-0.25, -0.2) is 0 Å². The van der Waals surface area contributed by atoms with Gasteiger partial charge < -0.3 is 4.90 Å². The van der Waals surface area contributed by atoms with Crippen molar-refractivity contribution in [3.63, 3.8) is 0 Å². The SMILES string of the molecule is CCN(C/C=C/c1ccccc1)C(=O)c1ccncc1. The number of carbonyl (C=O) groups is 1. The van der Waals surface area contributed by atoms with E-state index in [1.165, 1.54) is 0 Å². The zero-order chi connectivity index (χ0) is 14.2. The Morgan fingerprint density at radius 2 is 1.85 bits per heavy atom. The van der Waals surface area contributed by atoms with Crippen molar-refractivity contribution in [2.24, 2.45) is 0 Å². The lowest BCUT2D eigenvalue weighted by molar-refractivity contribution is 0.0782. The summed E-state index contributed by atoms with van der Waals surface area (Å²) in [5, 5.41) is 0. The molecule has 0 aliphatic heterocycles. The average Bonchev–Trinajstić information content (AvgIpc) is 2.53. The number of pyridine rings is 1. The van der Waals surface area contributed by atoms with Crippen molar-refractivity contribution >= 4 is 12.0 Å². The summed E-state index contributed by atoms with van der Waals surface area (Å²) in [6.45, 7) is 3.27. The molecule has 1 aromatic carbocycles. The minimum atomic E-state index is 0.0348. The maximum absolute atomic E-state index is 12.3. The number of hydrogen-bond acceptors (Lipinski definition) is 2. The molecule has 2 aromatic rings. The first-order valence-electron chi connectivity index (χ1n) is 6.72. The summed E-state index contributed by atoms with van der Waals surface area (Å²) in [4.78, 5) is 18.0. The first-order valence-corrected chi connectivity index (χ1v) is 6.72. The van der Waals surface area contributed by atoms with Gasteiger partial charge in [-0.05, 0) is 24.6 Å². The minimum Gasteiger partial charge on any atom is -0.335 e. The number of aromatic nitrogens is 1. The Hall–Kier alpha value is -2.42. The Kier molecular flexibility index (Phi) is 5.07. The molecular formula is C17H18N2O. The molecule has 1 amide bonds. The number of likely N-dealkylation sites (N-methyl/N-ethyl adjacent to an activating group) is 1. The lowest BCUT2D eigenvalue weighted by Gasteiger charge is -2.18. The summed E-state index contributed by atoms with van der Waals surface area (Å²) >= 11 is 0. The standard InChI is InChI=1S/C17H18N2O/c1-2-19(17(20)16-10-12-18-13-11-16)14-6-9-15-7-4-3-5-8-15/h3-13H,2,14H2,1H3/b9-6+. The van der Waals surface area contributed by atoms with Crippen molar-refractivity contribution in [1.82, 2.24) is 9.88 Å². The van der Waals surface area contributed by atoms with Crippen molar-refractivity contribution in [3.05, 3.63) is 72.1 Å². The van der Waals surface area contributed by atoms with E-state index in [1.54, 1.807) is 29.4 Å². The Labute approximate surface area is 119 Å². The van der Waals surface area contributed by atoms with E-state index >= 15 is 0 Å². The summed E-state index contributed by atoms with van der Waals surface area (Å²) in [5.41, 5.74) is 1.81. The second kappa shape index (κ2) is 7.24. The molecule has 3 nitrogen and oxygen atoms in total. The first-order chi connectivity index (χ1) is 9.81. The molecule has 20 heavy (non-hydrogen) atoms. The molecule has 0 aliphatic rings. The fourth-order valence-corrected chi connectivity index (χ4v) is 1.91. The van der Waals surface area contributed by atoms with Gasteiger partial charge in [0.05, 0.1) is 0 Å². The molecule has 0 N–H and O–H groups in total. The van der Waals surface area contributed by atoms with Gasteiger partial charge in [-0.3, -0.25) is 9.78 Å². The van der Waals surface area contributed by atoms with Crippen LogP contribution in [0.3, 0.4) is 0 Å². The van der Waals surface area contributed by atoms with E-state index < -0.39 is 0 Å². The van der Waals surface area contributed by atoms with E-state index in [1.807, 2.05) is 49.4 Å². The number of amides is 1. The van der Waals surface area contributed by atoms with Gasteiger partial charge in [0, 0.05) is 31.0 Å². The quantitative estimate of drug-likeness (QED) is 0.832. The second-order valence-corrected chi connectivity index (χ2v) is 4.39. The molecule has 1 heterocycles. The molecule has 0 bridgehead atoms. The van der Waals surface area contributed by atoms with Crippen molar-refractivity contribution in [1.29, 1.82) is 0 Å². The summed E-state index contributed by atoms with van der Waals surface area (Å²) in [5.74, 6) is 0.0348. The van der Waals surface area contributed by atoms with Crippen molar-refractivity contribution in [2.75, 3.05) is 13.1 Å². The van der Waals surface area contributed by atoms with E-state index in [2.05, 4.69) is 4.98 Å². The molecule has 2 rings (SSSR count). The number of benzene rings is 1. The third kappa shape index (κ3) is 3.79. The molecule has 0 radical (unpaired) electrons. The van der Waals surface area contributed by atoms with E-state index in [0.717, 1.165) is 5.56 Å².